The second-order valence-electron chi connectivity index (χ2n) is 5.40. The van der Waals surface area contributed by atoms with Crippen molar-refractivity contribution in [3.8, 4) is 0 Å². The maximum absolute atomic E-state index is 12.0. The lowest BCUT2D eigenvalue weighted by molar-refractivity contribution is -0.145. The molecule has 0 aliphatic carbocycles. The summed E-state index contributed by atoms with van der Waals surface area (Å²) in [6, 6.07) is 7.65. The molecule has 7 heteroatoms. The normalized spacial score (nSPS) is 11.0. The molecule has 0 atom stereocenters. The molecule has 124 valence electrons. The van der Waals surface area contributed by atoms with E-state index in [-0.39, 0.29) is 18.0 Å². The predicted molar refractivity (Wildman–Crippen MR) is 94.6 cm³/mol. The molecule has 2 aromatic heterocycles. The molecule has 24 heavy (non-hydrogen) atoms. The van der Waals surface area contributed by atoms with Crippen molar-refractivity contribution in [2.75, 3.05) is 0 Å². The van der Waals surface area contributed by atoms with Crippen molar-refractivity contribution in [1.82, 2.24) is 9.55 Å². The fraction of sp³-hybridized carbons (Fsp3) is 0.235. The molecule has 0 saturated carbocycles. The Balaban J connectivity index is 1.77. The Hall–Kier alpha value is -2.18. The van der Waals surface area contributed by atoms with Crippen LogP contribution in [0.3, 0.4) is 0 Å². The topological polar surface area (TPSA) is 61.2 Å². The van der Waals surface area contributed by atoms with E-state index >= 15 is 0 Å². The first-order valence-corrected chi connectivity index (χ1v) is 8.57. The van der Waals surface area contributed by atoms with Gasteiger partial charge < -0.3 is 4.74 Å². The first-order valence-electron chi connectivity index (χ1n) is 7.31. The van der Waals surface area contributed by atoms with Crippen LogP contribution in [0.15, 0.2) is 34.4 Å². The number of nitrogens with zero attached hydrogens (tertiary/aromatic N) is 2. The van der Waals surface area contributed by atoms with E-state index < -0.39 is 5.97 Å². The van der Waals surface area contributed by atoms with Gasteiger partial charge in [-0.2, -0.15) is 0 Å². The number of hydrogen-bond acceptors (Lipinski definition) is 5. The highest BCUT2D eigenvalue weighted by Gasteiger charge is 2.14. The molecule has 0 N–H and O–H groups in total. The van der Waals surface area contributed by atoms with Gasteiger partial charge in [0.2, 0.25) is 0 Å². The number of halogens is 1. The minimum Gasteiger partial charge on any atom is -0.458 e. The molecule has 3 aromatic rings. The van der Waals surface area contributed by atoms with Crippen molar-refractivity contribution < 1.29 is 9.53 Å². The summed E-state index contributed by atoms with van der Waals surface area (Å²) in [6.07, 6.45) is 0. The zero-order chi connectivity index (χ0) is 17.3. The molecule has 2 heterocycles. The summed E-state index contributed by atoms with van der Waals surface area (Å²) in [5, 5.41) is 3.17. The number of benzene rings is 1. The molecular formula is C17H15ClN2O3S. The van der Waals surface area contributed by atoms with E-state index in [1.165, 1.54) is 4.57 Å². The van der Waals surface area contributed by atoms with E-state index in [1.54, 1.807) is 12.3 Å². The Morgan fingerprint density at radius 2 is 2.08 bits per heavy atom. The number of rotatable bonds is 4. The number of fused-ring (bicyclic) bond motifs is 1. The van der Waals surface area contributed by atoms with Crippen LogP contribution >= 0.6 is 22.9 Å². The standard InChI is InChI=1S/C17H15ClN2O3S/c1-10-9-24-17(22)20(10)7-15(21)23-8-14-16(18)11(2)12-5-3-4-6-13(12)19-14/h3-6,9H,7-8H2,1-2H3. The Morgan fingerprint density at radius 3 is 2.79 bits per heavy atom. The molecule has 0 bridgehead atoms. The first-order chi connectivity index (χ1) is 11.5. The number of para-hydroxylation sites is 1. The van der Waals surface area contributed by atoms with Crippen LogP contribution in [0.4, 0.5) is 0 Å². The molecule has 0 radical (unpaired) electrons. The van der Waals surface area contributed by atoms with E-state index in [4.69, 9.17) is 16.3 Å². The maximum Gasteiger partial charge on any atom is 0.326 e. The third-order valence-electron chi connectivity index (χ3n) is 3.78. The van der Waals surface area contributed by atoms with E-state index in [1.807, 2.05) is 31.2 Å². The fourth-order valence-electron chi connectivity index (χ4n) is 2.43. The zero-order valence-corrected chi connectivity index (χ0v) is 14.8. The van der Waals surface area contributed by atoms with Gasteiger partial charge in [-0.25, -0.2) is 4.98 Å². The quantitative estimate of drug-likeness (QED) is 0.667. The third kappa shape index (κ3) is 3.20. The SMILES string of the molecule is Cc1c(Cl)c(COC(=O)Cn2c(C)csc2=O)nc2ccccc12. The monoisotopic (exact) mass is 362 g/mol. The van der Waals surface area contributed by atoms with Crippen LogP contribution in [0.1, 0.15) is 17.0 Å². The summed E-state index contributed by atoms with van der Waals surface area (Å²) in [7, 11) is 0. The van der Waals surface area contributed by atoms with E-state index in [9.17, 15) is 9.59 Å². The van der Waals surface area contributed by atoms with Gasteiger partial charge in [-0.3, -0.25) is 14.2 Å². The molecule has 0 saturated heterocycles. The number of carbonyl (C=O) groups excluding carboxylic acids is 1. The minimum atomic E-state index is -0.498. The van der Waals surface area contributed by atoms with Crippen LogP contribution < -0.4 is 4.87 Å². The molecule has 1 aromatic carbocycles. The van der Waals surface area contributed by atoms with Crippen LogP contribution in [0.25, 0.3) is 10.9 Å². The van der Waals surface area contributed by atoms with Gasteiger partial charge in [0, 0.05) is 16.5 Å². The smallest absolute Gasteiger partial charge is 0.326 e. The van der Waals surface area contributed by atoms with Crippen molar-refractivity contribution >= 4 is 39.8 Å². The summed E-state index contributed by atoms with van der Waals surface area (Å²) in [6.45, 7) is 3.54. The number of carbonyl (C=O) groups is 1. The first kappa shape index (κ1) is 16.7. The summed E-state index contributed by atoms with van der Waals surface area (Å²) in [5.74, 6) is -0.498. The molecule has 0 aliphatic rings. The Bertz CT molecular complexity index is 978. The lowest BCUT2D eigenvalue weighted by atomic mass is 10.1. The highest BCUT2D eigenvalue weighted by molar-refractivity contribution is 7.07. The second-order valence-corrected chi connectivity index (χ2v) is 6.60. The number of aromatic nitrogens is 2. The Morgan fingerprint density at radius 1 is 1.33 bits per heavy atom. The molecule has 0 aliphatic heterocycles. The van der Waals surface area contributed by atoms with Crippen molar-refractivity contribution in [2.45, 2.75) is 27.0 Å². The lowest BCUT2D eigenvalue weighted by Gasteiger charge is -2.11. The summed E-state index contributed by atoms with van der Waals surface area (Å²) < 4.78 is 6.64. The third-order valence-corrected chi connectivity index (χ3v) is 5.16. The molecule has 0 unspecified atom stereocenters. The summed E-state index contributed by atoms with van der Waals surface area (Å²) in [5.41, 5.74) is 2.95. The van der Waals surface area contributed by atoms with Gasteiger partial charge in [-0.05, 0) is 25.5 Å². The van der Waals surface area contributed by atoms with Gasteiger partial charge >= 0.3 is 10.8 Å². The molecule has 0 amide bonds. The van der Waals surface area contributed by atoms with E-state index in [0.717, 1.165) is 33.5 Å². The van der Waals surface area contributed by atoms with Crippen LogP contribution in [-0.2, 0) is 22.7 Å². The van der Waals surface area contributed by atoms with E-state index in [2.05, 4.69) is 4.98 Å². The average molecular weight is 363 g/mol. The molecular weight excluding hydrogens is 348 g/mol. The number of esters is 1. The largest absolute Gasteiger partial charge is 0.458 e. The van der Waals surface area contributed by atoms with Crippen LogP contribution in [0.2, 0.25) is 5.02 Å². The van der Waals surface area contributed by atoms with Gasteiger partial charge in [-0.15, -0.1) is 0 Å². The lowest BCUT2D eigenvalue weighted by Crippen LogP contribution is -2.22. The molecule has 0 fully saturated rings. The number of aryl methyl sites for hydroxylation is 2. The van der Waals surface area contributed by atoms with Crippen molar-refractivity contribution in [3.63, 3.8) is 0 Å². The summed E-state index contributed by atoms with van der Waals surface area (Å²) in [4.78, 5) is 27.9. The van der Waals surface area contributed by atoms with E-state index in [0.29, 0.717) is 10.7 Å². The molecule has 5 nitrogen and oxygen atoms in total. The maximum atomic E-state index is 12.0. The Labute approximate surface area is 147 Å². The fourth-order valence-corrected chi connectivity index (χ4v) is 3.37. The minimum absolute atomic E-state index is 0.0265. The van der Waals surface area contributed by atoms with Gasteiger partial charge in [0.25, 0.3) is 0 Å². The number of ether oxygens (including phenoxy) is 1. The van der Waals surface area contributed by atoms with Crippen LogP contribution in [-0.4, -0.2) is 15.5 Å². The zero-order valence-electron chi connectivity index (χ0n) is 13.2. The van der Waals surface area contributed by atoms with Gasteiger partial charge in [0.1, 0.15) is 13.2 Å². The van der Waals surface area contributed by atoms with Crippen LogP contribution in [0.5, 0.6) is 0 Å². The number of pyridine rings is 1. The van der Waals surface area contributed by atoms with Crippen molar-refractivity contribution in [2.24, 2.45) is 0 Å². The molecule has 0 spiro atoms. The van der Waals surface area contributed by atoms with Gasteiger partial charge in [-0.1, -0.05) is 41.1 Å². The van der Waals surface area contributed by atoms with Gasteiger partial charge in [0.05, 0.1) is 16.2 Å². The predicted octanol–water partition coefficient (Wildman–Crippen LogP) is 3.47. The number of hydrogen-bond donors (Lipinski definition) is 0. The molecule has 3 rings (SSSR count). The highest BCUT2D eigenvalue weighted by atomic mass is 35.5. The number of thiazole rings is 1. The van der Waals surface area contributed by atoms with Crippen LogP contribution in [0, 0.1) is 13.8 Å². The Kier molecular flexibility index (Phi) is 4.69. The van der Waals surface area contributed by atoms with Gasteiger partial charge in [0.15, 0.2) is 0 Å². The summed E-state index contributed by atoms with van der Waals surface area (Å²) >= 11 is 7.40. The van der Waals surface area contributed by atoms with Crippen molar-refractivity contribution in [3.05, 3.63) is 61.3 Å². The van der Waals surface area contributed by atoms with Crippen molar-refractivity contribution in [1.29, 1.82) is 0 Å². The average Bonchev–Trinajstić information content (AvgIpc) is 2.89. The highest BCUT2D eigenvalue weighted by Crippen LogP contribution is 2.27. The second kappa shape index (κ2) is 6.75.